The van der Waals surface area contributed by atoms with Gasteiger partial charge in [0.25, 0.3) is 6.02 Å². The van der Waals surface area contributed by atoms with Crippen molar-refractivity contribution in [3.63, 3.8) is 0 Å². The summed E-state index contributed by atoms with van der Waals surface area (Å²) in [5.41, 5.74) is -2.95. The molecule has 0 spiro atoms. The molecule has 2 N–H and O–H groups in total. The van der Waals surface area contributed by atoms with E-state index < -0.39 is 28.4 Å². The van der Waals surface area contributed by atoms with Crippen molar-refractivity contribution in [3.8, 4) is 11.5 Å². The number of amidine groups is 1. The average Bonchev–Trinajstić information content (AvgIpc) is 3.61. The van der Waals surface area contributed by atoms with Gasteiger partial charge in [0.1, 0.15) is 22.9 Å². The maximum atomic E-state index is 16.7. The van der Waals surface area contributed by atoms with Gasteiger partial charge in [0.05, 0.1) is 14.2 Å². The van der Waals surface area contributed by atoms with Crippen LogP contribution in [0.25, 0.3) is 0 Å². The van der Waals surface area contributed by atoms with E-state index in [1.165, 1.54) is 32.9 Å². The highest BCUT2D eigenvalue weighted by molar-refractivity contribution is 5.79. The Balaban J connectivity index is 1.55. The van der Waals surface area contributed by atoms with Gasteiger partial charge in [0.2, 0.25) is 0 Å². The number of hydrogen-bond donors (Lipinski definition) is 2. The topological polar surface area (TPSA) is 64.1 Å². The number of benzene rings is 4. The van der Waals surface area contributed by atoms with Crippen LogP contribution < -0.4 is 20.1 Å². The average molecular weight is 658 g/mol. The zero-order valence-corrected chi connectivity index (χ0v) is 27.9. The summed E-state index contributed by atoms with van der Waals surface area (Å²) in [5, 5.41) is 6.90. The number of rotatable bonds is 9. The third-order valence-corrected chi connectivity index (χ3v) is 9.81. The van der Waals surface area contributed by atoms with E-state index in [0.29, 0.717) is 17.2 Å². The summed E-state index contributed by atoms with van der Waals surface area (Å²) in [6, 6.07) is 28.9. The first kappa shape index (κ1) is 33.2. The van der Waals surface area contributed by atoms with Crippen LogP contribution in [-0.4, -0.2) is 37.8 Å². The highest BCUT2D eigenvalue weighted by Gasteiger charge is 2.66. The summed E-state index contributed by atoms with van der Waals surface area (Å²) < 4.78 is 66.2. The van der Waals surface area contributed by atoms with Gasteiger partial charge in [-0.2, -0.15) is 8.78 Å². The highest BCUT2D eigenvalue weighted by atomic mass is 19.3. The Hall–Kier alpha value is -4.66. The molecule has 9 heteroatoms. The predicted octanol–water partition coefficient (Wildman–Crippen LogP) is 8.79. The molecule has 48 heavy (non-hydrogen) atoms. The summed E-state index contributed by atoms with van der Waals surface area (Å²) in [7, 11) is 3.18. The van der Waals surface area contributed by atoms with Crippen LogP contribution in [-0.2, 0) is 15.8 Å². The van der Waals surface area contributed by atoms with E-state index in [0.717, 1.165) is 42.4 Å². The number of halogens is 3. The van der Waals surface area contributed by atoms with Crippen molar-refractivity contribution in [2.24, 2.45) is 4.99 Å². The first-order chi connectivity index (χ1) is 22.9. The van der Waals surface area contributed by atoms with Crippen LogP contribution in [0.5, 0.6) is 11.5 Å². The first-order valence-electron chi connectivity index (χ1n) is 16.3. The molecule has 0 unspecified atom stereocenters. The molecule has 1 aliphatic heterocycles. The predicted molar refractivity (Wildman–Crippen MR) is 183 cm³/mol. The van der Waals surface area contributed by atoms with Crippen molar-refractivity contribution in [2.45, 2.75) is 75.1 Å². The fourth-order valence-corrected chi connectivity index (χ4v) is 7.01. The Kier molecular flexibility index (Phi) is 8.83. The molecule has 1 heterocycles. The van der Waals surface area contributed by atoms with E-state index in [9.17, 15) is 0 Å². The second kappa shape index (κ2) is 12.7. The van der Waals surface area contributed by atoms with Crippen LogP contribution in [0, 0.1) is 5.82 Å². The molecule has 0 bridgehead atoms. The lowest BCUT2D eigenvalue weighted by Crippen LogP contribution is -2.64. The van der Waals surface area contributed by atoms with Crippen molar-refractivity contribution in [1.82, 2.24) is 5.32 Å². The van der Waals surface area contributed by atoms with Crippen LogP contribution in [0.4, 0.5) is 18.9 Å². The van der Waals surface area contributed by atoms with Gasteiger partial charge in [-0.05, 0) is 92.8 Å². The molecule has 1 aliphatic carbocycles. The maximum Gasteiger partial charge on any atom is 0.315 e. The maximum absolute atomic E-state index is 16.7. The molecular weight excluding hydrogens is 615 g/mol. The van der Waals surface area contributed by atoms with Crippen LogP contribution in [0.1, 0.15) is 68.7 Å². The second-order valence-electron chi connectivity index (χ2n) is 13.2. The number of alkyl halides is 2. The summed E-state index contributed by atoms with van der Waals surface area (Å²) in [4.78, 5) is 4.61. The van der Waals surface area contributed by atoms with E-state index in [-0.39, 0.29) is 17.6 Å². The molecule has 4 aromatic rings. The third kappa shape index (κ3) is 5.73. The normalized spacial score (nSPS) is 20.4. The lowest BCUT2D eigenvalue weighted by Gasteiger charge is -2.49. The quantitative estimate of drug-likeness (QED) is 0.176. The van der Waals surface area contributed by atoms with Gasteiger partial charge in [-0.1, -0.05) is 67.4 Å². The lowest BCUT2D eigenvalue weighted by atomic mass is 9.76. The Bertz CT molecular complexity index is 1710. The minimum Gasteiger partial charge on any atom is -0.497 e. The molecule has 1 saturated carbocycles. The van der Waals surface area contributed by atoms with Crippen LogP contribution in [0.15, 0.2) is 102 Å². The molecule has 6 nitrogen and oxygen atoms in total. The van der Waals surface area contributed by atoms with Crippen LogP contribution in [0.3, 0.4) is 0 Å². The summed E-state index contributed by atoms with van der Waals surface area (Å²) in [6.45, 7) is 3.90. The highest BCUT2D eigenvalue weighted by Crippen LogP contribution is 2.53. The molecule has 0 radical (unpaired) electrons. The zero-order valence-electron chi connectivity index (χ0n) is 27.9. The molecule has 1 atom stereocenters. The number of nitrogens with one attached hydrogen (secondary N) is 2. The Morgan fingerprint density at radius 3 is 1.85 bits per heavy atom. The zero-order chi connectivity index (χ0) is 34.2. The van der Waals surface area contributed by atoms with E-state index in [1.807, 2.05) is 78.9 Å². The Labute approximate surface area is 280 Å². The smallest absolute Gasteiger partial charge is 0.315 e. The summed E-state index contributed by atoms with van der Waals surface area (Å²) >= 11 is 0. The molecule has 252 valence electrons. The van der Waals surface area contributed by atoms with Gasteiger partial charge in [0.15, 0.2) is 11.1 Å². The molecule has 2 aliphatic rings. The molecule has 0 amide bonds. The lowest BCUT2D eigenvalue weighted by molar-refractivity contribution is -0.209. The summed E-state index contributed by atoms with van der Waals surface area (Å²) in [6.07, 6.45) is 4.15. The van der Waals surface area contributed by atoms with E-state index >= 15 is 13.2 Å². The third-order valence-electron chi connectivity index (χ3n) is 9.81. The number of methoxy groups -OCH3 is 2. The van der Waals surface area contributed by atoms with E-state index in [4.69, 9.17) is 14.2 Å². The SMILES string of the molecule is COc1ccc(C(NC2=N[C@](C)(c3cc(NC4CCCC4)ccc3F)C(F)(F)C(C)(C)O2)(c2ccccc2)c2ccc(OC)cc2)cc1. The van der Waals surface area contributed by atoms with Crippen molar-refractivity contribution >= 4 is 11.7 Å². The largest absolute Gasteiger partial charge is 0.497 e. The van der Waals surface area contributed by atoms with Gasteiger partial charge in [-0.15, -0.1) is 0 Å². The van der Waals surface area contributed by atoms with E-state index in [1.54, 1.807) is 20.3 Å². The minimum absolute atomic E-state index is 0.155. The van der Waals surface area contributed by atoms with Gasteiger partial charge < -0.3 is 24.8 Å². The molecule has 6 rings (SSSR count). The molecule has 0 aromatic heterocycles. The van der Waals surface area contributed by atoms with Crippen LogP contribution in [0.2, 0.25) is 0 Å². The number of aliphatic imine (C=N–C) groups is 1. The number of anilines is 1. The fraction of sp³-hybridized carbons (Fsp3) is 0.359. The van der Waals surface area contributed by atoms with Crippen molar-refractivity contribution in [3.05, 3.63) is 125 Å². The van der Waals surface area contributed by atoms with Gasteiger partial charge in [-0.25, -0.2) is 9.38 Å². The van der Waals surface area contributed by atoms with Gasteiger partial charge in [-0.3, -0.25) is 0 Å². The van der Waals surface area contributed by atoms with E-state index in [2.05, 4.69) is 15.6 Å². The molecule has 4 aromatic carbocycles. The Morgan fingerprint density at radius 2 is 1.31 bits per heavy atom. The summed E-state index contributed by atoms with van der Waals surface area (Å²) in [5.74, 6) is -3.09. The molecular formula is C39H42F3N3O3. The second-order valence-corrected chi connectivity index (χ2v) is 13.2. The monoisotopic (exact) mass is 657 g/mol. The van der Waals surface area contributed by atoms with Gasteiger partial charge in [0, 0.05) is 17.3 Å². The van der Waals surface area contributed by atoms with Crippen molar-refractivity contribution in [1.29, 1.82) is 0 Å². The number of nitrogens with zero attached hydrogens (tertiary/aromatic N) is 1. The fourth-order valence-electron chi connectivity index (χ4n) is 7.01. The standard InChI is InChI=1S/C39H42F3N3O3/c1-36(2)39(41,42)37(3,33-25-30(19-24-34(33)40)43-29-13-9-10-14-29)44-35(48-36)45-38(26-11-7-6-8-12-26,27-15-20-31(46-4)21-16-27)28-17-22-32(47-5)23-18-28/h6-8,11-12,15-25,29,43H,9-10,13-14H2,1-5H3,(H,44,45)/t37-/m1/s1. The molecule has 1 fully saturated rings. The van der Waals surface area contributed by atoms with Crippen LogP contribution >= 0.6 is 0 Å². The number of hydrogen-bond acceptors (Lipinski definition) is 6. The van der Waals surface area contributed by atoms with Crippen molar-refractivity contribution < 1.29 is 27.4 Å². The first-order valence-corrected chi connectivity index (χ1v) is 16.3. The minimum atomic E-state index is -3.62. The van der Waals surface area contributed by atoms with Crippen molar-refractivity contribution in [2.75, 3.05) is 19.5 Å². The number of ether oxygens (including phenoxy) is 3. The Morgan fingerprint density at radius 1 is 0.771 bits per heavy atom. The van der Waals surface area contributed by atoms with Gasteiger partial charge >= 0.3 is 5.92 Å². The molecule has 0 saturated heterocycles.